The molecule has 0 bridgehead atoms. The highest BCUT2D eigenvalue weighted by molar-refractivity contribution is 5.79. The van der Waals surface area contributed by atoms with Gasteiger partial charge in [-0.2, -0.15) is 0 Å². The Morgan fingerprint density at radius 1 is 0.818 bits per heavy atom. The maximum Gasteiger partial charge on any atom is 0.131 e. The number of rotatable bonds is 3. The zero-order chi connectivity index (χ0) is 15.5. The lowest BCUT2D eigenvalue weighted by Gasteiger charge is -2.14. The fourth-order valence-corrected chi connectivity index (χ4v) is 2.69. The molecule has 0 amide bonds. The number of hydrogen-bond acceptors (Lipinski definition) is 1. The van der Waals surface area contributed by atoms with E-state index in [0.29, 0.717) is 11.3 Å². The first-order valence-electron chi connectivity index (χ1n) is 7.19. The van der Waals surface area contributed by atoms with Crippen LogP contribution in [-0.2, 0) is 0 Å². The van der Waals surface area contributed by atoms with E-state index in [-0.39, 0.29) is 5.82 Å². The smallest absolute Gasteiger partial charge is 0.131 e. The predicted molar refractivity (Wildman–Crippen MR) is 88.6 cm³/mol. The van der Waals surface area contributed by atoms with E-state index < -0.39 is 0 Å². The largest absolute Gasteiger partial charge is 0.496 e. The highest BCUT2D eigenvalue weighted by atomic mass is 19.1. The van der Waals surface area contributed by atoms with E-state index in [1.165, 1.54) is 6.07 Å². The molecule has 0 aliphatic rings. The van der Waals surface area contributed by atoms with Gasteiger partial charge in [-0.15, -0.1) is 0 Å². The minimum Gasteiger partial charge on any atom is -0.496 e. The van der Waals surface area contributed by atoms with E-state index in [9.17, 15) is 4.39 Å². The fraction of sp³-hybridized carbons (Fsp3) is 0.100. The van der Waals surface area contributed by atoms with Gasteiger partial charge in [0.05, 0.1) is 7.11 Å². The Morgan fingerprint density at radius 2 is 1.59 bits per heavy atom. The van der Waals surface area contributed by atoms with Crippen LogP contribution in [0.4, 0.5) is 4.39 Å². The normalized spacial score (nSPS) is 10.5. The van der Waals surface area contributed by atoms with Gasteiger partial charge in [0.2, 0.25) is 0 Å². The standard InChI is InChI=1S/C20H17FO/c1-14-7-6-10-18(21)20(14)17-13-16(11-12-19(17)22-2)15-8-4-3-5-9-15/h3-13H,1-2H3. The number of hydrogen-bond donors (Lipinski definition) is 0. The molecule has 0 atom stereocenters. The molecule has 1 nitrogen and oxygen atoms in total. The third-order valence-electron chi connectivity index (χ3n) is 3.80. The van der Waals surface area contributed by atoms with Crippen LogP contribution in [0.3, 0.4) is 0 Å². The van der Waals surface area contributed by atoms with Gasteiger partial charge >= 0.3 is 0 Å². The third-order valence-corrected chi connectivity index (χ3v) is 3.80. The van der Waals surface area contributed by atoms with Crippen molar-refractivity contribution in [3.63, 3.8) is 0 Å². The van der Waals surface area contributed by atoms with E-state index in [0.717, 1.165) is 22.3 Å². The van der Waals surface area contributed by atoms with Crippen molar-refractivity contribution < 1.29 is 9.13 Å². The fourth-order valence-electron chi connectivity index (χ4n) is 2.69. The SMILES string of the molecule is COc1ccc(-c2ccccc2)cc1-c1c(C)cccc1F. The lowest BCUT2D eigenvalue weighted by molar-refractivity contribution is 0.416. The second-order valence-electron chi connectivity index (χ2n) is 5.21. The van der Waals surface area contributed by atoms with Crippen molar-refractivity contribution in [2.75, 3.05) is 7.11 Å². The first-order valence-corrected chi connectivity index (χ1v) is 7.19. The first-order chi connectivity index (χ1) is 10.7. The maximum absolute atomic E-state index is 14.3. The Labute approximate surface area is 130 Å². The van der Waals surface area contributed by atoms with Crippen LogP contribution in [0, 0.1) is 12.7 Å². The molecule has 2 heteroatoms. The summed E-state index contributed by atoms with van der Waals surface area (Å²) in [6, 6.07) is 21.0. The van der Waals surface area contributed by atoms with Gasteiger partial charge in [0.25, 0.3) is 0 Å². The molecule has 110 valence electrons. The van der Waals surface area contributed by atoms with E-state index >= 15 is 0 Å². The molecular weight excluding hydrogens is 275 g/mol. The second kappa shape index (κ2) is 6.02. The van der Waals surface area contributed by atoms with E-state index in [2.05, 4.69) is 0 Å². The zero-order valence-corrected chi connectivity index (χ0v) is 12.6. The Hall–Kier alpha value is -2.61. The summed E-state index contributed by atoms with van der Waals surface area (Å²) in [5, 5.41) is 0. The molecule has 22 heavy (non-hydrogen) atoms. The Kier molecular flexibility index (Phi) is 3.92. The molecule has 0 heterocycles. The Balaban J connectivity index is 2.22. The minimum atomic E-state index is -0.233. The van der Waals surface area contributed by atoms with Crippen LogP contribution in [0.15, 0.2) is 66.7 Å². The number of methoxy groups -OCH3 is 1. The van der Waals surface area contributed by atoms with Gasteiger partial charge < -0.3 is 4.74 Å². The molecule has 0 aliphatic heterocycles. The molecule has 0 saturated heterocycles. The van der Waals surface area contributed by atoms with Crippen LogP contribution in [0.1, 0.15) is 5.56 Å². The lowest BCUT2D eigenvalue weighted by Crippen LogP contribution is -1.94. The molecule has 0 aromatic heterocycles. The molecule has 0 saturated carbocycles. The number of benzene rings is 3. The second-order valence-corrected chi connectivity index (χ2v) is 5.21. The van der Waals surface area contributed by atoms with Gasteiger partial charge in [0.15, 0.2) is 0 Å². The molecule has 0 N–H and O–H groups in total. The lowest BCUT2D eigenvalue weighted by atomic mass is 9.95. The van der Waals surface area contributed by atoms with E-state index in [4.69, 9.17) is 4.74 Å². The summed E-state index contributed by atoms with van der Waals surface area (Å²) < 4.78 is 19.8. The van der Waals surface area contributed by atoms with E-state index in [1.807, 2.05) is 61.5 Å². The van der Waals surface area contributed by atoms with Crippen LogP contribution >= 0.6 is 0 Å². The molecule has 0 aliphatic carbocycles. The average Bonchev–Trinajstić information content (AvgIpc) is 2.55. The van der Waals surface area contributed by atoms with Gasteiger partial charge in [-0.1, -0.05) is 48.5 Å². The topological polar surface area (TPSA) is 9.23 Å². The number of ether oxygens (including phenoxy) is 1. The van der Waals surface area contributed by atoms with Crippen molar-refractivity contribution >= 4 is 0 Å². The summed E-state index contributed by atoms with van der Waals surface area (Å²) in [5.74, 6) is 0.441. The average molecular weight is 292 g/mol. The third kappa shape index (κ3) is 2.60. The summed E-state index contributed by atoms with van der Waals surface area (Å²) in [5.41, 5.74) is 4.40. The first kappa shape index (κ1) is 14.3. The quantitative estimate of drug-likeness (QED) is 0.621. The molecule has 0 unspecified atom stereocenters. The van der Waals surface area contributed by atoms with Crippen molar-refractivity contribution in [3.8, 4) is 28.0 Å². The van der Waals surface area contributed by atoms with Crippen molar-refractivity contribution in [1.29, 1.82) is 0 Å². The van der Waals surface area contributed by atoms with Crippen LogP contribution < -0.4 is 4.74 Å². The summed E-state index contributed by atoms with van der Waals surface area (Å²) in [7, 11) is 1.61. The van der Waals surface area contributed by atoms with E-state index in [1.54, 1.807) is 13.2 Å². The zero-order valence-electron chi connectivity index (χ0n) is 12.6. The highest BCUT2D eigenvalue weighted by Gasteiger charge is 2.14. The molecular formula is C20H17FO. The monoisotopic (exact) mass is 292 g/mol. The summed E-state index contributed by atoms with van der Waals surface area (Å²) in [6.45, 7) is 1.91. The van der Waals surface area contributed by atoms with Gasteiger partial charge in [-0.25, -0.2) is 4.39 Å². The Morgan fingerprint density at radius 3 is 2.27 bits per heavy atom. The van der Waals surface area contributed by atoms with Gasteiger partial charge in [-0.3, -0.25) is 0 Å². The summed E-state index contributed by atoms with van der Waals surface area (Å²) in [6.07, 6.45) is 0. The van der Waals surface area contributed by atoms with Crippen LogP contribution in [0.5, 0.6) is 5.75 Å². The van der Waals surface area contributed by atoms with Crippen LogP contribution in [0.2, 0.25) is 0 Å². The summed E-state index contributed by atoms with van der Waals surface area (Å²) in [4.78, 5) is 0. The number of aryl methyl sites for hydroxylation is 1. The van der Waals surface area contributed by atoms with Gasteiger partial charge in [0.1, 0.15) is 11.6 Å². The van der Waals surface area contributed by atoms with Crippen LogP contribution in [0.25, 0.3) is 22.3 Å². The minimum absolute atomic E-state index is 0.233. The van der Waals surface area contributed by atoms with Crippen LogP contribution in [-0.4, -0.2) is 7.11 Å². The molecule has 0 fully saturated rings. The molecule has 3 aromatic carbocycles. The van der Waals surface area contributed by atoms with Gasteiger partial charge in [-0.05, 0) is 41.8 Å². The summed E-state index contributed by atoms with van der Waals surface area (Å²) >= 11 is 0. The molecule has 0 spiro atoms. The maximum atomic E-state index is 14.3. The Bertz CT molecular complexity index is 774. The molecule has 0 radical (unpaired) electrons. The van der Waals surface area contributed by atoms with Crippen molar-refractivity contribution in [1.82, 2.24) is 0 Å². The predicted octanol–water partition coefficient (Wildman–Crippen LogP) is 5.48. The van der Waals surface area contributed by atoms with Crippen molar-refractivity contribution in [2.45, 2.75) is 6.92 Å². The number of halogens is 1. The van der Waals surface area contributed by atoms with Crippen molar-refractivity contribution in [2.24, 2.45) is 0 Å². The molecule has 3 rings (SSSR count). The highest BCUT2D eigenvalue weighted by Crippen LogP contribution is 2.37. The van der Waals surface area contributed by atoms with Crippen molar-refractivity contribution in [3.05, 3.63) is 78.1 Å². The molecule has 3 aromatic rings. The van der Waals surface area contributed by atoms with Gasteiger partial charge in [0, 0.05) is 11.1 Å².